The first kappa shape index (κ1) is 9.88. The second kappa shape index (κ2) is 3.09. The molecule has 0 aromatic rings. The lowest BCUT2D eigenvalue weighted by Gasteiger charge is -2.33. The zero-order chi connectivity index (χ0) is 11.4. The molecule has 0 bridgehead atoms. The van der Waals surface area contributed by atoms with Crippen molar-refractivity contribution in [3.05, 3.63) is 36.0 Å². The fourth-order valence-electron chi connectivity index (χ4n) is 3.45. The largest absolute Gasteiger partial charge is 0.457 e. The van der Waals surface area contributed by atoms with Crippen molar-refractivity contribution in [1.82, 2.24) is 0 Å². The van der Waals surface area contributed by atoms with Gasteiger partial charge in [0.2, 0.25) is 0 Å². The molecular formula is C14H16O2. The van der Waals surface area contributed by atoms with Gasteiger partial charge in [-0.05, 0) is 25.7 Å². The Morgan fingerprint density at radius 3 is 2.94 bits per heavy atom. The second-order valence-electron chi connectivity index (χ2n) is 5.16. The Morgan fingerprint density at radius 1 is 1.44 bits per heavy atom. The van der Waals surface area contributed by atoms with Crippen molar-refractivity contribution in [3.63, 3.8) is 0 Å². The van der Waals surface area contributed by atoms with Gasteiger partial charge in [0.15, 0.2) is 0 Å². The Morgan fingerprint density at radius 2 is 2.19 bits per heavy atom. The molecule has 84 valence electrons. The van der Waals surface area contributed by atoms with Crippen LogP contribution in [0.4, 0.5) is 0 Å². The van der Waals surface area contributed by atoms with Crippen LogP contribution in [-0.4, -0.2) is 12.1 Å². The molecule has 16 heavy (non-hydrogen) atoms. The molecular weight excluding hydrogens is 200 g/mol. The van der Waals surface area contributed by atoms with Gasteiger partial charge in [0.05, 0.1) is 0 Å². The van der Waals surface area contributed by atoms with E-state index >= 15 is 0 Å². The highest BCUT2D eigenvalue weighted by Crippen LogP contribution is 2.51. The summed E-state index contributed by atoms with van der Waals surface area (Å²) in [6, 6.07) is 0. The van der Waals surface area contributed by atoms with Crippen molar-refractivity contribution >= 4 is 5.97 Å². The molecule has 2 fully saturated rings. The molecule has 2 heteroatoms. The molecule has 2 nitrogen and oxygen atoms in total. The standard InChI is InChI=1S/C14H16O2/c1-7-4-5-10-8(2)6-11-9(3)14(15)16-13(11)12(7)10/h6,10-13H,1,3-5H2,2H3. The third kappa shape index (κ3) is 1.10. The Balaban J connectivity index is 2.06. The van der Waals surface area contributed by atoms with Gasteiger partial charge in [-0.1, -0.05) is 30.4 Å². The van der Waals surface area contributed by atoms with E-state index in [1.165, 1.54) is 11.1 Å². The lowest BCUT2D eigenvalue weighted by Crippen LogP contribution is -2.34. The van der Waals surface area contributed by atoms with Gasteiger partial charge in [0, 0.05) is 17.4 Å². The van der Waals surface area contributed by atoms with Crippen LogP contribution in [0, 0.1) is 17.8 Å². The molecule has 3 aliphatic rings. The Kier molecular flexibility index (Phi) is 1.91. The molecule has 0 N–H and O–H groups in total. The molecule has 0 spiro atoms. The normalized spacial score (nSPS) is 41.6. The summed E-state index contributed by atoms with van der Waals surface area (Å²) in [5.74, 6) is 0.730. The van der Waals surface area contributed by atoms with E-state index in [2.05, 4.69) is 26.2 Å². The van der Waals surface area contributed by atoms with E-state index in [0.717, 1.165) is 12.8 Å². The van der Waals surface area contributed by atoms with Gasteiger partial charge in [-0.2, -0.15) is 0 Å². The van der Waals surface area contributed by atoms with Gasteiger partial charge in [-0.15, -0.1) is 0 Å². The minimum absolute atomic E-state index is 0.0244. The minimum atomic E-state index is -0.223. The highest BCUT2D eigenvalue weighted by Gasteiger charge is 2.50. The third-order valence-electron chi connectivity index (χ3n) is 4.32. The minimum Gasteiger partial charge on any atom is -0.457 e. The van der Waals surface area contributed by atoms with Crippen LogP contribution in [0.1, 0.15) is 19.8 Å². The van der Waals surface area contributed by atoms with Crippen LogP contribution in [0.15, 0.2) is 36.0 Å². The maximum absolute atomic E-state index is 11.6. The number of rotatable bonds is 0. The van der Waals surface area contributed by atoms with E-state index < -0.39 is 0 Å². The van der Waals surface area contributed by atoms with E-state index in [9.17, 15) is 4.79 Å². The highest BCUT2D eigenvalue weighted by atomic mass is 16.6. The first-order chi connectivity index (χ1) is 7.59. The van der Waals surface area contributed by atoms with Crippen molar-refractivity contribution in [2.24, 2.45) is 17.8 Å². The summed E-state index contributed by atoms with van der Waals surface area (Å²) >= 11 is 0. The number of fused-ring (bicyclic) bond motifs is 3. The topological polar surface area (TPSA) is 26.3 Å². The molecule has 1 heterocycles. The zero-order valence-corrected chi connectivity index (χ0v) is 9.53. The smallest absolute Gasteiger partial charge is 0.334 e. The average Bonchev–Trinajstić information content (AvgIpc) is 2.74. The monoisotopic (exact) mass is 216 g/mol. The fraction of sp³-hybridized carbons (Fsp3) is 0.500. The van der Waals surface area contributed by atoms with Crippen molar-refractivity contribution in [2.75, 3.05) is 0 Å². The summed E-state index contributed by atoms with van der Waals surface area (Å²) in [7, 11) is 0. The molecule has 4 atom stereocenters. The molecule has 0 aromatic heterocycles. The van der Waals surface area contributed by atoms with Crippen LogP contribution in [0.2, 0.25) is 0 Å². The summed E-state index contributed by atoms with van der Waals surface area (Å²) < 4.78 is 5.47. The number of hydrogen-bond donors (Lipinski definition) is 0. The van der Waals surface area contributed by atoms with Crippen molar-refractivity contribution < 1.29 is 9.53 Å². The molecule has 0 radical (unpaired) electrons. The molecule has 1 saturated carbocycles. The Hall–Kier alpha value is -1.31. The second-order valence-corrected chi connectivity index (χ2v) is 5.16. The zero-order valence-electron chi connectivity index (χ0n) is 9.53. The van der Waals surface area contributed by atoms with Crippen LogP contribution in [-0.2, 0) is 9.53 Å². The maximum atomic E-state index is 11.6. The number of hydrogen-bond acceptors (Lipinski definition) is 2. The summed E-state index contributed by atoms with van der Waals surface area (Å²) in [6.45, 7) is 10.1. The number of ether oxygens (including phenoxy) is 1. The van der Waals surface area contributed by atoms with Crippen LogP contribution in [0.5, 0.6) is 0 Å². The van der Waals surface area contributed by atoms with Crippen molar-refractivity contribution in [3.8, 4) is 0 Å². The molecule has 2 aliphatic carbocycles. The molecule has 1 saturated heterocycles. The predicted molar refractivity (Wildman–Crippen MR) is 61.6 cm³/mol. The first-order valence-corrected chi connectivity index (χ1v) is 5.85. The van der Waals surface area contributed by atoms with Crippen molar-refractivity contribution in [1.29, 1.82) is 0 Å². The molecule has 0 amide bonds. The van der Waals surface area contributed by atoms with Crippen LogP contribution in [0.3, 0.4) is 0 Å². The average molecular weight is 216 g/mol. The van der Waals surface area contributed by atoms with Gasteiger partial charge < -0.3 is 4.74 Å². The maximum Gasteiger partial charge on any atom is 0.334 e. The summed E-state index contributed by atoms with van der Waals surface area (Å²) in [4.78, 5) is 11.6. The summed E-state index contributed by atoms with van der Waals surface area (Å²) in [5, 5.41) is 0. The van der Waals surface area contributed by atoms with Gasteiger partial charge in [-0.25, -0.2) is 4.79 Å². The number of carbonyl (C=O) groups excluding carboxylic acids is 1. The van der Waals surface area contributed by atoms with Crippen LogP contribution >= 0.6 is 0 Å². The van der Waals surface area contributed by atoms with E-state index in [1.807, 2.05) is 0 Å². The number of allylic oxidation sites excluding steroid dienone is 1. The summed E-state index contributed by atoms with van der Waals surface area (Å²) in [5.41, 5.74) is 3.24. The highest BCUT2D eigenvalue weighted by molar-refractivity contribution is 5.91. The van der Waals surface area contributed by atoms with Gasteiger partial charge in [0.25, 0.3) is 0 Å². The van der Waals surface area contributed by atoms with E-state index in [4.69, 9.17) is 4.74 Å². The first-order valence-electron chi connectivity index (χ1n) is 5.85. The van der Waals surface area contributed by atoms with Gasteiger partial charge in [0.1, 0.15) is 6.10 Å². The van der Waals surface area contributed by atoms with Crippen molar-refractivity contribution in [2.45, 2.75) is 25.9 Å². The summed E-state index contributed by atoms with van der Waals surface area (Å²) in [6.07, 6.45) is 4.37. The quantitative estimate of drug-likeness (QED) is 0.353. The lowest BCUT2D eigenvalue weighted by atomic mass is 9.72. The molecule has 4 unspecified atom stereocenters. The van der Waals surface area contributed by atoms with Crippen LogP contribution < -0.4 is 0 Å². The van der Waals surface area contributed by atoms with E-state index in [1.54, 1.807) is 0 Å². The number of carbonyl (C=O) groups is 1. The van der Waals surface area contributed by atoms with Gasteiger partial charge in [-0.3, -0.25) is 0 Å². The Bertz CT molecular complexity index is 430. The fourth-order valence-corrected chi connectivity index (χ4v) is 3.45. The van der Waals surface area contributed by atoms with E-state index in [-0.39, 0.29) is 18.0 Å². The SMILES string of the molecule is C=C1C(=O)OC2C1C=C(C)C1CCC(=C)C12. The van der Waals surface area contributed by atoms with Crippen LogP contribution in [0.25, 0.3) is 0 Å². The predicted octanol–water partition coefficient (Wildman–Crippen LogP) is 2.63. The molecule has 0 aromatic carbocycles. The van der Waals surface area contributed by atoms with Gasteiger partial charge >= 0.3 is 5.97 Å². The number of esters is 1. The lowest BCUT2D eigenvalue weighted by molar-refractivity contribution is -0.141. The van der Waals surface area contributed by atoms with E-state index in [0.29, 0.717) is 17.4 Å². The third-order valence-corrected chi connectivity index (χ3v) is 4.32. The molecule has 3 rings (SSSR count). The Labute approximate surface area is 95.7 Å². The molecule has 1 aliphatic heterocycles.